The van der Waals surface area contributed by atoms with Crippen molar-refractivity contribution in [3.8, 4) is 0 Å². The highest BCUT2D eigenvalue weighted by atomic mass is 16.3. The van der Waals surface area contributed by atoms with E-state index < -0.39 is 5.54 Å². The van der Waals surface area contributed by atoms with Crippen LogP contribution in [-0.2, 0) is 12.6 Å². The molecule has 0 amide bonds. The van der Waals surface area contributed by atoms with Crippen LogP contribution < -0.4 is 4.90 Å². The fourth-order valence-corrected chi connectivity index (χ4v) is 3.53. The zero-order valence-corrected chi connectivity index (χ0v) is 12.9. The van der Waals surface area contributed by atoms with Crippen molar-refractivity contribution < 1.29 is 5.11 Å². The summed E-state index contributed by atoms with van der Waals surface area (Å²) in [5, 5.41) is 18.5. The maximum Gasteiger partial charge on any atom is 0.183 e. The molecule has 7 nitrogen and oxygen atoms in total. The maximum atomic E-state index is 10.3. The van der Waals surface area contributed by atoms with Crippen LogP contribution in [0.2, 0.25) is 0 Å². The molecule has 3 heterocycles. The van der Waals surface area contributed by atoms with E-state index in [4.69, 9.17) is 0 Å². The van der Waals surface area contributed by atoms with Gasteiger partial charge in [0.15, 0.2) is 17.0 Å². The van der Waals surface area contributed by atoms with Crippen molar-refractivity contribution in [3.05, 3.63) is 42.2 Å². The second-order valence-corrected chi connectivity index (χ2v) is 5.89. The predicted molar refractivity (Wildman–Crippen MR) is 85.9 cm³/mol. The summed E-state index contributed by atoms with van der Waals surface area (Å²) in [5.41, 5.74) is 1.99. The summed E-state index contributed by atoms with van der Waals surface area (Å²) in [4.78, 5) is 10.9. The molecule has 1 saturated heterocycles. The molecule has 0 radical (unpaired) electrons. The zero-order valence-electron chi connectivity index (χ0n) is 12.9. The topological polar surface area (TPSA) is 80.0 Å². The Bertz CT molecular complexity index is 833. The van der Waals surface area contributed by atoms with E-state index in [0.29, 0.717) is 11.2 Å². The van der Waals surface area contributed by atoms with E-state index >= 15 is 0 Å². The number of benzene rings is 1. The van der Waals surface area contributed by atoms with Crippen LogP contribution >= 0.6 is 0 Å². The van der Waals surface area contributed by atoms with Crippen LogP contribution in [0.1, 0.15) is 18.4 Å². The van der Waals surface area contributed by atoms with Crippen LogP contribution in [-0.4, -0.2) is 43.2 Å². The van der Waals surface area contributed by atoms with Gasteiger partial charge < -0.3 is 10.0 Å². The van der Waals surface area contributed by atoms with Crippen molar-refractivity contribution in [2.75, 3.05) is 18.1 Å². The van der Waals surface area contributed by atoms with E-state index in [0.717, 1.165) is 30.8 Å². The van der Waals surface area contributed by atoms with Gasteiger partial charge in [0, 0.05) is 13.6 Å². The molecule has 0 bridgehead atoms. The third kappa shape index (κ3) is 2.00. The van der Waals surface area contributed by atoms with Gasteiger partial charge in [-0.2, -0.15) is 0 Å². The first-order valence-corrected chi connectivity index (χ1v) is 7.71. The summed E-state index contributed by atoms with van der Waals surface area (Å²) in [5.74, 6) is 0.735. The van der Waals surface area contributed by atoms with Crippen molar-refractivity contribution in [1.82, 2.24) is 25.0 Å². The number of aromatic nitrogens is 5. The van der Waals surface area contributed by atoms with E-state index in [1.165, 1.54) is 6.33 Å². The SMILES string of the molecule is Cn1nnc2c(N3CCCC3(CO)c3ccccc3)ncnc21. The van der Waals surface area contributed by atoms with Crippen molar-refractivity contribution in [2.24, 2.45) is 7.05 Å². The Labute approximate surface area is 133 Å². The Kier molecular flexibility index (Phi) is 3.23. The molecular weight excluding hydrogens is 292 g/mol. The number of hydrogen-bond acceptors (Lipinski definition) is 6. The zero-order chi connectivity index (χ0) is 15.9. The van der Waals surface area contributed by atoms with E-state index in [2.05, 4.69) is 37.3 Å². The van der Waals surface area contributed by atoms with Gasteiger partial charge in [-0.1, -0.05) is 35.5 Å². The van der Waals surface area contributed by atoms with Gasteiger partial charge in [-0.3, -0.25) is 0 Å². The molecule has 1 N–H and O–H groups in total. The molecule has 0 saturated carbocycles. The molecular formula is C16H18N6O. The minimum atomic E-state index is -0.472. The smallest absolute Gasteiger partial charge is 0.183 e. The monoisotopic (exact) mass is 310 g/mol. The highest BCUT2D eigenvalue weighted by Gasteiger charge is 2.43. The van der Waals surface area contributed by atoms with Crippen molar-refractivity contribution in [1.29, 1.82) is 0 Å². The minimum absolute atomic E-state index is 0.0305. The van der Waals surface area contributed by atoms with E-state index in [9.17, 15) is 5.11 Å². The second kappa shape index (κ2) is 5.27. The normalized spacial score (nSPS) is 21.2. The molecule has 1 aliphatic rings. The lowest BCUT2D eigenvalue weighted by Crippen LogP contribution is -2.45. The third-order valence-electron chi connectivity index (χ3n) is 4.69. The minimum Gasteiger partial charge on any atom is -0.394 e. The number of aliphatic hydroxyl groups excluding tert-OH is 1. The molecule has 2 aromatic heterocycles. The van der Waals surface area contributed by atoms with Crippen LogP contribution in [0.4, 0.5) is 5.82 Å². The van der Waals surface area contributed by atoms with Crippen LogP contribution in [0, 0.1) is 0 Å². The van der Waals surface area contributed by atoms with Gasteiger partial charge in [0.1, 0.15) is 6.33 Å². The third-order valence-corrected chi connectivity index (χ3v) is 4.69. The van der Waals surface area contributed by atoms with Crippen LogP contribution in [0.5, 0.6) is 0 Å². The molecule has 23 heavy (non-hydrogen) atoms. The highest BCUT2D eigenvalue weighted by molar-refractivity contribution is 5.83. The van der Waals surface area contributed by atoms with Gasteiger partial charge in [-0.05, 0) is 18.4 Å². The lowest BCUT2D eigenvalue weighted by atomic mass is 9.88. The molecule has 0 spiro atoms. The number of anilines is 1. The van der Waals surface area contributed by atoms with Crippen LogP contribution in [0.25, 0.3) is 11.2 Å². The van der Waals surface area contributed by atoms with E-state index in [1.807, 2.05) is 25.2 Å². The van der Waals surface area contributed by atoms with Crippen molar-refractivity contribution in [3.63, 3.8) is 0 Å². The van der Waals surface area contributed by atoms with Gasteiger partial charge >= 0.3 is 0 Å². The molecule has 1 aliphatic heterocycles. The first-order chi connectivity index (χ1) is 11.3. The molecule has 118 valence electrons. The van der Waals surface area contributed by atoms with Gasteiger partial charge in [0.25, 0.3) is 0 Å². The Morgan fingerprint density at radius 1 is 1.22 bits per heavy atom. The fraction of sp³-hybridized carbons (Fsp3) is 0.375. The summed E-state index contributed by atoms with van der Waals surface area (Å²) < 4.78 is 1.64. The molecule has 1 aromatic carbocycles. The molecule has 1 unspecified atom stereocenters. The summed E-state index contributed by atoms with van der Waals surface area (Å²) in [6.45, 7) is 0.848. The highest BCUT2D eigenvalue weighted by Crippen LogP contribution is 2.42. The van der Waals surface area contributed by atoms with E-state index in [-0.39, 0.29) is 6.61 Å². The van der Waals surface area contributed by atoms with Crippen molar-refractivity contribution >= 4 is 17.0 Å². The Morgan fingerprint density at radius 2 is 2.04 bits per heavy atom. The summed E-state index contributed by atoms with van der Waals surface area (Å²) in [7, 11) is 1.81. The van der Waals surface area contributed by atoms with E-state index in [1.54, 1.807) is 4.68 Å². The van der Waals surface area contributed by atoms with Crippen molar-refractivity contribution in [2.45, 2.75) is 18.4 Å². The molecule has 7 heteroatoms. The Balaban J connectivity index is 1.89. The van der Waals surface area contributed by atoms with Crippen LogP contribution in [0.3, 0.4) is 0 Å². The summed E-state index contributed by atoms with van der Waals surface area (Å²) >= 11 is 0. The first kappa shape index (κ1) is 14.1. The molecule has 3 aromatic rings. The van der Waals surface area contributed by atoms with Gasteiger partial charge in [-0.25, -0.2) is 14.6 Å². The number of aryl methyl sites for hydroxylation is 1. The maximum absolute atomic E-state index is 10.3. The average molecular weight is 310 g/mol. The molecule has 0 aliphatic carbocycles. The molecule has 1 fully saturated rings. The van der Waals surface area contributed by atoms with Gasteiger partial charge in [0.05, 0.1) is 12.1 Å². The van der Waals surface area contributed by atoms with Gasteiger partial charge in [-0.15, -0.1) is 5.10 Å². The second-order valence-electron chi connectivity index (χ2n) is 5.89. The summed E-state index contributed by atoms with van der Waals surface area (Å²) in [6.07, 6.45) is 3.40. The first-order valence-electron chi connectivity index (χ1n) is 7.71. The quantitative estimate of drug-likeness (QED) is 0.784. The van der Waals surface area contributed by atoms with Crippen LogP contribution in [0.15, 0.2) is 36.7 Å². The Hall–Kier alpha value is -2.54. The standard InChI is InChI=1S/C16H18N6O/c1-21-14-13(19-20-21)15(18-11-17-14)22-9-5-8-16(22,10-23)12-6-3-2-4-7-12/h2-4,6-7,11,23H,5,8-10H2,1H3. The fourth-order valence-electron chi connectivity index (χ4n) is 3.53. The number of rotatable bonds is 3. The molecule has 1 atom stereocenters. The predicted octanol–water partition coefficient (Wildman–Crippen LogP) is 1.25. The number of fused-ring (bicyclic) bond motifs is 1. The largest absolute Gasteiger partial charge is 0.394 e. The molecule has 4 rings (SSSR count). The summed E-state index contributed by atoms with van der Waals surface area (Å²) in [6, 6.07) is 10.1. The number of nitrogens with zero attached hydrogens (tertiary/aromatic N) is 6. The lowest BCUT2D eigenvalue weighted by Gasteiger charge is -2.38. The number of aliphatic hydroxyl groups is 1. The van der Waals surface area contributed by atoms with Gasteiger partial charge in [0.2, 0.25) is 0 Å². The lowest BCUT2D eigenvalue weighted by molar-refractivity contribution is 0.197. The average Bonchev–Trinajstić information content (AvgIpc) is 3.20. The Morgan fingerprint density at radius 3 is 2.83 bits per heavy atom. The number of hydrogen-bond donors (Lipinski definition) is 1.